The van der Waals surface area contributed by atoms with Gasteiger partial charge in [0.25, 0.3) is 11.5 Å². The summed E-state index contributed by atoms with van der Waals surface area (Å²) in [6.07, 6.45) is 1.53. The zero-order valence-corrected chi connectivity index (χ0v) is 17.5. The minimum atomic E-state index is -0.438. The molecule has 8 heteroatoms. The van der Waals surface area contributed by atoms with Crippen LogP contribution >= 0.6 is 0 Å². The molecule has 0 spiro atoms. The summed E-state index contributed by atoms with van der Waals surface area (Å²) in [6.45, 7) is 1.77. The van der Waals surface area contributed by atoms with E-state index in [0.29, 0.717) is 33.4 Å². The van der Waals surface area contributed by atoms with E-state index in [4.69, 9.17) is 0 Å². The third kappa shape index (κ3) is 3.65. The number of hydrogen-bond acceptors (Lipinski definition) is 3. The van der Waals surface area contributed by atoms with Gasteiger partial charge in [0.2, 0.25) is 0 Å². The molecule has 3 aromatic carbocycles. The molecule has 6 nitrogen and oxygen atoms in total. The smallest absolute Gasteiger partial charge is 0.277 e. The highest BCUT2D eigenvalue weighted by Gasteiger charge is 2.16. The minimum Gasteiger partial charge on any atom is -0.322 e. The van der Waals surface area contributed by atoms with Gasteiger partial charge < -0.3 is 9.88 Å². The normalized spacial score (nSPS) is 11.2. The number of benzene rings is 3. The van der Waals surface area contributed by atoms with E-state index >= 15 is 0 Å². The van der Waals surface area contributed by atoms with Crippen LogP contribution in [-0.2, 0) is 6.54 Å². The molecule has 0 aliphatic heterocycles. The van der Waals surface area contributed by atoms with Crippen molar-refractivity contribution >= 4 is 28.1 Å². The Bertz CT molecular complexity index is 1590. The highest BCUT2D eigenvalue weighted by atomic mass is 19.1. The topological polar surface area (TPSA) is 68.4 Å². The Labute approximate surface area is 186 Å². The lowest BCUT2D eigenvalue weighted by atomic mass is 10.1. The average molecular weight is 444 g/mol. The lowest BCUT2D eigenvalue weighted by Crippen LogP contribution is -2.24. The fourth-order valence-corrected chi connectivity index (χ4v) is 3.83. The summed E-state index contributed by atoms with van der Waals surface area (Å²) in [4.78, 5) is 26.2. The van der Waals surface area contributed by atoms with Crippen molar-refractivity contribution in [2.24, 2.45) is 0 Å². The van der Waals surface area contributed by atoms with Crippen LogP contribution in [0.5, 0.6) is 0 Å². The number of halogens is 2. The molecular weight excluding hydrogens is 426 g/mol. The summed E-state index contributed by atoms with van der Waals surface area (Å²) in [5, 5.41) is 6.97. The summed E-state index contributed by atoms with van der Waals surface area (Å²) in [5.41, 5.74) is 2.95. The van der Waals surface area contributed by atoms with Crippen LogP contribution in [0.15, 0.2) is 77.7 Å². The molecule has 0 aliphatic carbocycles. The van der Waals surface area contributed by atoms with Crippen molar-refractivity contribution in [2.75, 3.05) is 5.32 Å². The van der Waals surface area contributed by atoms with Crippen molar-refractivity contribution < 1.29 is 13.6 Å². The second-order valence-corrected chi connectivity index (χ2v) is 7.72. The molecule has 33 heavy (non-hydrogen) atoms. The lowest BCUT2D eigenvalue weighted by Gasteiger charge is -2.14. The molecule has 0 unspecified atom stereocenters. The van der Waals surface area contributed by atoms with Gasteiger partial charge in [0, 0.05) is 16.8 Å². The first-order valence-electron chi connectivity index (χ1n) is 10.2. The predicted octanol–water partition coefficient (Wildman–Crippen LogP) is 4.54. The first-order valence-corrected chi connectivity index (χ1v) is 10.2. The molecule has 164 valence electrons. The minimum absolute atomic E-state index is 0.186. The van der Waals surface area contributed by atoms with E-state index in [1.807, 2.05) is 0 Å². The quantitative estimate of drug-likeness (QED) is 0.443. The maximum atomic E-state index is 13.9. The molecule has 1 amide bonds. The molecule has 0 saturated heterocycles. The fraction of sp³-hybridized carbons (Fsp3) is 0.0800. The van der Waals surface area contributed by atoms with Gasteiger partial charge in [-0.05, 0) is 61.0 Å². The van der Waals surface area contributed by atoms with Gasteiger partial charge in [-0.25, -0.2) is 13.3 Å². The Morgan fingerprint density at radius 2 is 1.76 bits per heavy atom. The van der Waals surface area contributed by atoms with Crippen LogP contribution in [0.1, 0.15) is 21.5 Å². The van der Waals surface area contributed by atoms with Crippen LogP contribution in [-0.4, -0.2) is 20.1 Å². The Morgan fingerprint density at radius 1 is 0.970 bits per heavy atom. The first kappa shape index (κ1) is 20.6. The van der Waals surface area contributed by atoms with Crippen molar-refractivity contribution in [3.05, 3.63) is 112 Å². The third-order valence-corrected chi connectivity index (χ3v) is 5.63. The molecule has 5 aromatic rings. The number of nitrogens with zero attached hydrogens (tertiary/aromatic N) is 3. The maximum absolute atomic E-state index is 13.9. The molecule has 0 atom stereocenters. The van der Waals surface area contributed by atoms with Gasteiger partial charge in [0.15, 0.2) is 0 Å². The molecule has 0 fully saturated rings. The number of amides is 1. The summed E-state index contributed by atoms with van der Waals surface area (Å²) in [6, 6.07) is 16.9. The van der Waals surface area contributed by atoms with Gasteiger partial charge in [-0.2, -0.15) is 5.10 Å². The number of anilines is 1. The molecule has 2 heterocycles. The Kier molecular flexibility index (Phi) is 4.97. The molecule has 5 rings (SSSR count). The van der Waals surface area contributed by atoms with Gasteiger partial charge in [-0.1, -0.05) is 18.2 Å². The molecular formula is C25H18F2N4O2. The Morgan fingerprint density at radius 3 is 2.55 bits per heavy atom. The highest BCUT2D eigenvalue weighted by molar-refractivity contribution is 6.06. The zero-order valence-electron chi connectivity index (χ0n) is 17.5. The van der Waals surface area contributed by atoms with Crippen molar-refractivity contribution in [2.45, 2.75) is 13.5 Å². The van der Waals surface area contributed by atoms with E-state index in [9.17, 15) is 18.4 Å². The zero-order chi connectivity index (χ0) is 23.1. The van der Waals surface area contributed by atoms with Crippen LogP contribution in [0.3, 0.4) is 0 Å². The van der Waals surface area contributed by atoms with Gasteiger partial charge in [0.1, 0.15) is 17.2 Å². The number of carbonyl (C=O) groups excluding carboxylic acids is 1. The standard InChI is InChI=1S/C25H18F2N4O2/c1-15-19(27)3-2-4-20(15)29-24(32)17-7-10-21-23(13-17)30(14-16-5-8-18(26)9-6-16)25(33)22-11-12-28-31(21)22/h2-13H,14H2,1H3,(H,29,32). The van der Waals surface area contributed by atoms with Gasteiger partial charge >= 0.3 is 0 Å². The van der Waals surface area contributed by atoms with Gasteiger partial charge in [0.05, 0.1) is 23.8 Å². The lowest BCUT2D eigenvalue weighted by molar-refractivity contribution is 0.102. The van der Waals surface area contributed by atoms with E-state index in [-0.39, 0.29) is 17.9 Å². The number of carbonyl (C=O) groups is 1. The molecule has 0 radical (unpaired) electrons. The molecule has 0 aliphatic rings. The number of hydrogen-bond donors (Lipinski definition) is 1. The van der Waals surface area contributed by atoms with E-state index in [1.165, 1.54) is 39.5 Å². The summed E-state index contributed by atoms with van der Waals surface area (Å²) in [7, 11) is 0. The van der Waals surface area contributed by atoms with Crippen molar-refractivity contribution in [1.29, 1.82) is 0 Å². The monoisotopic (exact) mass is 444 g/mol. The third-order valence-electron chi connectivity index (χ3n) is 5.63. The summed E-state index contributed by atoms with van der Waals surface area (Å²) >= 11 is 0. The number of aromatic nitrogens is 3. The molecule has 2 aromatic heterocycles. The van der Waals surface area contributed by atoms with Crippen LogP contribution < -0.4 is 10.9 Å². The molecule has 1 N–H and O–H groups in total. The predicted molar refractivity (Wildman–Crippen MR) is 122 cm³/mol. The Balaban J connectivity index is 1.63. The van der Waals surface area contributed by atoms with E-state index in [0.717, 1.165) is 5.56 Å². The number of nitrogens with one attached hydrogen (secondary N) is 1. The molecule has 0 saturated carbocycles. The van der Waals surface area contributed by atoms with Crippen molar-refractivity contribution in [3.63, 3.8) is 0 Å². The van der Waals surface area contributed by atoms with E-state index in [1.54, 1.807) is 49.4 Å². The van der Waals surface area contributed by atoms with E-state index < -0.39 is 11.7 Å². The second kappa shape index (κ2) is 7.98. The summed E-state index contributed by atoms with van der Waals surface area (Å²) in [5.74, 6) is -1.22. The van der Waals surface area contributed by atoms with Crippen LogP contribution in [0, 0.1) is 18.6 Å². The van der Waals surface area contributed by atoms with Crippen molar-refractivity contribution in [3.8, 4) is 0 Å². The van der Waals surface area contributed by atoms with Gasteiger partial charge in [-0.3, -0.25) is 9.59 Å². The molecule has 0 bridgehead atoms. The number of rotatable bonds is 4. The van der Waals surface area contributed by atoms with Crippen molar-refractivity contribution in [1.82, 2.24) is 14.2 Å². The SMILES string of the molecule is Cc1c(F)cccc1NC(=O)c1ccc2c(c1)n(Cc1ccc(F)cc1)c(=O)c1ccnn12. The summed E-state index contributed by atoms with van der Waals surface area (Å²) < 4.78 is 30.3. The van der Waals surface area contributed by atoms with Crippen LogP contribution in [0.4, 0.5) is 14.5 Å². The van der Waals surface area contributed by atoms with Gasteiger partial charge in [-0.15, -0.1) is 0 Å². The highest BCUT2D eigenvalue weighted by Crippen LogP contribution is 2.21. The largest absolute Gasteiger partial charge is 0.322 e. The number of fused-ring (bicyclic) bond motifs is 3. The second-order valence-electron chi connectivity index (χ2n) is 7.72. The van der Waals surface area contributed by atoms with Crippen LogP contribution in [0.25, 0.3) is 16.6 Å². The maximum Gasteiger partial charge on any atom is 0.277 e. The Hall–Kier alpha value is -4.33. The van der Waals surface area contributed by atoms with Crippen LogP contribution in [0.2, 0.25) is 0 Å². The van der Waals surface area contributed by atoms with E-state index in [2.05, 4.69) is 10.4 Å². The first-order chi connectivity index (χ1) is 15.9. The fourth-order valence-electron chi connectivity index (χ4n) is 3.83. The average Bonchev–Trinajstić information content (AvgIpc) is 3.31.